The Kier molecular flexibility index (Phi) is 4.79. The van der Waals surface area contributed by atoms with E-state index in [1.165, 1.54) is 24.8 Å². The minimum atomic E-state index is -1.04. The number of hydrogen-bond acceptors (Lipinski definition) is 3. The van der Waals surface area contributed by atoms with Gasteiger partial charge in [0.25, 0.3) is 0 Å². The highest BCUT2D eigenvalue weighted by molar-refractivity contribution is 5.88. The largest absolute Gasteiger partial charge is 0.481 e. The van der Waals surface area contributed by atoms with Crippen LogP contribution in [0.2, 0.25) is 0 Å². The van der Waals surface area contributed by atoms with E-state index in [9.17, 15) is 14.7 Å². The molecule has 1 N–H and O–H groups in total. The maximum Gasteiger partial charge on any atom is 0.333 e. The molecule has 4 heteroatoms. The molecule has 1 spiro atoms. The average molecular weight is 401 g/mol. The zero-order chi connectivity index (χ0) is 21.2. The summed E-state index contributed by atoms with van der Waals surface area (Å²) < 4.78 is 5.83. The lowest BCUT2D eigenvalue weighted by molar-refractivity contribution is -0.211. The zero-order valence-corrected chi connectivity index (χ0v) is 18.4. The SMILES string of the molecule is C=C1C[C@]23CC[C@@H]4[C@](C)(CC[C@@H](OC(=O)/C(C)=C\C)[C@]4(C)C(=O)O)[C@H]2CC[C@H]1C3. The molecule has 0 aliphatic heterocycles. The van der Waals surface area contributed by atoms with Crippen molar-refractivity contribution in [3.05, 3.63) is 23.8 Å². The van der Waals surface area contributed by atoms with Gasteiger partial charge in [0.05, 0.1) is 0 Å². The lowest BCUT2D eigenvalue weighted by Crippen LogP contribution is -2.63. The first kappa shape index (κ1) is 20.7. The molecule has 29 heavy (non-hydrogen) atoms. The van der Waals surface area contributed by atoms with Gasteiger partial charge in [-0.3, -0.25) is 4.79 Å². The molecule has 4 aliphatic carbocycles. The lowest BCUT2D eigenvalue weighted by Gasteiger charge is -2.64. The number of aliphatic carboxylic acids is 1. The summed E-state index contributed by atoms with van der Waals surface area (Å²) >= 11 is 0. The third kappa shape index (κ3) is 2.77. The molecule has 0 aromatic heterocycles. The highest BCUT2D eigenvalue weighted by Crippen LogP contribution is 2.72. The molecule has 4 aliphatic rings. The number of carbonyl (C=O) groups is 2. The Labute approximate surface area is 174 Å². The van der Waals surface area contributed by atoms with E-state index in [0.717, 1.165) is 25.7 Å². The van der Waals surface area contributed by atoms with E-state index in [2.05, 4.69) is 13.5 Å². The van der Waals surface area contributed by atoms with E-state index in [1.807, 2.05) is 6.92 Å². The van der Waals surface area contributed by atoms with Crippen molar-refractivity contribution in [1.29, 1.82) is 0 Å². The van der Waals surface area contributed by atoms with Crippen molar-refractivity contribution in [2.75, 3.05) is 0 Å². The Balaban J connectivity index is 1.68. The summed E-state index contributed by atoms with van der Waals surface area (Å²) in [4.78, 5) is 25.1. The molecule has 0 unspecified atom stereocenters. The van der Waals surface area contributed by atoms with E-state index in [1.54, 1.807) is 19.9 Å². The maximum absolute atomic E-state index is 12.7. The monoisotopic (exact) mass is 400 g/mol. The van der Waals surface area contributed by atoms with Gasteiger partial charge in [-0.1, -0.05) is 25.2 Å². The van der Waals surface area contributed by atoms with E-state index < -0.39 is 17.5 Å². The number of esters is 1. The van der Waals surface area contributed by atoms with Gasteiger partial charge in [-0.2, -0.15) is 0 Å². The summed E-state index contributed by atoms with van der Waals surface area (Å²) in [6, 6.07) is 0. The molecule has 160 valence electrons. The summed E-state index contributed by atoms with van der Waals surface area (Å²) in [5.41, 5.74) is 1.25. The first-order chi connectivity index (χ1) is 13.6. The van der Waals surface area contributed by atoms with Gasteiger partial charge in [0, 0.05) is 5.57 Å². The van der Waals surface area contributed by atoms with Crippen molar-refractivity contribution in [2.45, 2.75) is 85.2 Å². The number of hydrogen-bond donors (Lipinski definition) is 1. The van der Waals surface area contributed by atoms with E-state index in [4.69, 9.17) is 4.74 Å². The number of carboxylic acids is 1. The predicted octanol–water partition coefficient (Wildman–Crippen LogP) is 5.53. The smallest absolute Gasteiger partial charge is 0.333 e. The van der Waals surface area contributed by atoms with Crippen molar-refractivity contribution in [1.82, 2.24) is 0 Å². The fraction of sp³-hybridized carbons (Fsp3) is 0.760. The topological polar surface area (TPSA) is 63.6 Å². The summed E-state index contributed by atoms with van der Waals surface area (Å²) in [6.07, 6.45) is 9.51. The van der Waals surface area contributed by atoms with Crippen LogP contribution in [0.1, 0.15) is 79.1 Å². The van der Waals surface area contributed by atoms with Crippen molar-refractivity contribution in [2.24, 2.45) is 34.0 Å². The summed E-state index contributed by atoms with van der Waals surface area (Å²) in [5, 5.41) is 10.4. The Morgan fingerprint density at radius 2 is 1.86 bits per heavy atom. The second kappa shape index (κ2) is 6.72. The second-order valence-corrected chi connectivity index (χ2v) is 10.8. The van der Waals surface area contributed by atoms with Gasteiger partial charge in [-0.25, -0.2) is 4.79 Å². The van der Waals surface area contributed by atoms with Crippen LogP contribution in [0, 0.1) is 34.0 Å². The zero-order valence-electron chi connectivity index (χ0n) is 18.4. The van der Waals surface area contributed by atoms with Crippen LogP contribution in [0.15, 0.2) is 23.8 Å². The number of carbonyl (C=O) groups excluding carboxylic acids is 1. The molecule has 0 aromatic carbocycles. The lowest BCUT2D eigenvalue weighted by atomic mass is 9.40. The minimum absolute atomic E-state index is 0.0144. The molecule has 0 aromatic rings. The molecule has 4 fully saturated rings. The van der Waals surface area contributed by atoms with E-state index >= 15 is 0 Å². The third-order valence-corrected chi connectivity index (χ3v) is 9.68. The highest BCUT2D eigenvalue weighted by Gasteiger charge is 2.67. The average Bonchev–Trinajstić information content (AvgIpc) is 2.91. The summed E-state index contributed by atoms with van der Waals surface area (Å²) in [7, 11) is 0. The van der Waals surface area contributed by atoms with E-state index in [0.29, 0.717) is 29.2 Å². The first-order valence-corrected chi connectivity index (χ1v) is 11.3. The molecular weight excluding hydrogens is 364 g/mol. The quantitative estimate of drug-likeness (QED) is 0.384. The maximum atomic E-state index is 12.7. The molecule has 4 saturated carbocycles. The van der Waals surface area contributed by atoms with Crippen molar-refractivity contribution < 1.29 is 19.4 Å². The molecule has 0 radical (unpaired) electrons. The van der Waals surface area contributed by atoms with Gasteiger partial charge in [0.15, 0.2) is 0 Å². The van der Waals surface area contributed by atoms with Crippen LogP contribution < -0.4 is 0 Å². The van der Waals surface area contributed by atoms with Crippen LogP contribution in [-0.4, -0.2) is 23.1 Å². The van der Waals surface area contributed by atoms with Gasteiger partial charge in [-0.05, 0) is 101 Å². The van der Waals surface area contributed by atoms with Crippen LogP contribution in [0.25, 0.3) is 0 Å². The van der Waals surface area contributed by atoms with Gasteiger partial charge in [0.2, 0.25) is 0 Å². The number of rotatable bonds is 3. The Bertz CT molecular complexity index is 782. The number of fused-ring (bicyclic) bond motifs is 3. The van der Waals surface area contributed by atoms with Gasteiger partial charge in [0.1, 0.15) is 11.5 Å². The highest BCUT2D eigenvalue weighted by atomic mass is 16.5. The standard InChI is InChI=1S/C25H36O4/c1-6-15(2)21(26)29-20-10-11-23(4)18(24(20,5)22(27)28)9-12-25-13-16(3)17(14-25)7-8-19(23)25/h6,17-20H,3,7-14H2,1-2,4-5H3,(H,27,28)/b15-6-/t17-,18+,19+,20+,23-,24+,25-/m0/s1. The molecule has 4 nitrogen and oxygen atoms in total. The van der Waals surface area contributed by atoms with Crippen LogP contribution in [0.3, 0.4) is 0 Å². The number of allylic oxidation sites excluding steroid dienone is 2. The Morgan fingerprint density at radius 1 is 1.14 bits per heavy atom. The first-order valence-electron chi connectivity index (χ1n) is 11.3. The molecule has 0 amide bonds. The summed E-state index contributed by atoms with van der Waals surface area (Å²) in [6.45, 7) is 12.1. The van der Waals surface area contributed by atoms with Gasteiger partial charge in [-0.15, -0.1) is 0 Å². The van der Waals surface area contributed by atoms with Gasteiger partial charge < -0.3 is 9.84 Å². The molecule has 0 heterocycles. The fourth-order valence-corrected chi connectivity index (χ4v) is 8.06. The number of ether oxygens (including phenoxy) is 1. The molecular formula is C25H36O4. The summed E-state index contributed by atoms with van der Waals surface area (Å²) in [5.74, 6) is 0.0690. The van der Waals surface area contributed by atoms with Crippen LogP contribution in [0.4, 0.5) is 0 Å². The van der Waals surface area contributed by atoms with Gasteiger partial charge >= 0.3 is 11.9 Å². The third-order valence-electron chi connectivity index (χ3n) is 9.68. The van der Waals surface area contributed by atoms with Crippen LogP contribution in [-0.2, 0) is 14.3 Å². The van der Waals surface area contributed by atoms with E-state index in [-0.39, 0.29) is 17.3 Å². The Morgan fingerprint density at radius 3 is 2.52 bits per heavy atom. The molecule has 4 rings (SSSR count). The minimum Gasteiger partial charge on any atom is -0.481 e. The van der Waals surface area contributed by atoms with Crippen molar-refractivity contribution in [3.63, 3.8) is 0 Å². The number of carboxylic acid groups (broad SMARTS) is 1. The molecule has 7 atom stereocenters. The molecule has 0 saturated heterocycles. The van der Waals surface area contributed by atoms with Crippen molar-refractivity contribution in [3.8, 4) is 0 Å². The Hall–Kier alpha value is -1.58. The van der Waals surface area contributed by atoms with Crippen LogP contribution >= 0.6 is 0 Å². The fourth-order valence-electron chi connectivity index (χ4n) is 8.06. The molecule has 2 bridgehead atoms. The predicted molar refractivity (Wildman–Crippen MR) is 112 cm³/mol. The second-order valence-electron chi connectivity index (χ2n) is 10.8. The normalized spacial score (nSPS) is 46.6. The van der Waals surface area contributed by atoms with Crippen molar-refractivity contribution >= 4 is 11.9 Å². The van der Waals surface area contributed by atoms with Crippen LogP contribution in [0.5, 0.6) is 0 Å².